The molecule has 8 heteroatoms. The van der Waals surface area contributed by atoms with E-state index in [0.717, 1.165) is 39.1 Å². The van der Waals surface area contributed by atoms with Gasteiger partial charge in [0.15, 0.2) is 5.03 Å². The Bertz CT molecular complexity index is 1300. The summed E-state index contributed by atoms with van der Waals surface area (Å²) >= 11 is 0. The number of aryl methyl sites for hydroxylation is 3. The van der Waals surface area contributed by atoms with Gasteiger partial charge < -0.3 is 5.32 Å². The molecule has 0 aliphatic rings. The van der Waals surface area contributed by atoms with Crippen molar-refractivity contribution in [3.63, 3.8) is 0 Å². The molecule has 0 aliphatic heterocycles. The predicted octanol–water partition coefficient (Wildman–Crippen LogP) is 3.76. The van der Waals surface area contributed by atoms with Crippen molar-refractivity contribution in [2.75, 3.05) is 5.32 Å². The SMILES string of the molecule is Cc1cc(C)c(NC(=O)Cn2nc(S(=O)(=O)c3ccc(C(C)C)cc3)ccc2=O)c(C)c1. The normalized spacial score (nSPS) is 11.6. The highest BCUT2D eigenvalue weighted by atomic mass is 32.2. The minimum absolute atomic E-state index is 0.0787. The number of anilines is 1. The summed E-state index contributed by atoms with van der Waals surface area (Å²) in [6, 6.07) is 12.7. The van der Waals surface area contributed by atoms with Crippen LogP contribution in [-0.2, 0) is 21.2 Å². The second-order valence-corrected chi connectivity index (χ2v) is 10.1. The average Bonchev–Trinajstić information content (AvgIpc) is 2.72. The molecule has 1 heterocycles. The van der Waals surface area contributed by atoms with Gasteiger partial charge in [-0.3, -0.25) is 9.59 Å². The van der Waals surface area contributed by atoms with Gasteiger partial charge in [0.2, 0.25) is 15.7 Å². The van der Waals surface area contributed by atoms with Gasteiger partial charge in [0.05, 0.1) is 4.90 Å². The van der Waals surface area contributed by atoms with Gasteiger partial charge in [0.25, 0.3) is 5.56 Å². The lowest BCUT2D eigenvalue weighted by atomic mass is 10.0. The van der Waals surface area contributed by atoms with E-state index in [-0.39, 0.29) is 15.8 Å². The van der Waals surface area contributed by atoms with E-state index in [1.165, 1.54) is 12.1 Å². The number of amides is 1. The largest absolute Gasteiger partial charge is 0.324 e. The van der Waals surface area contributed by atoms with Crippen molar-refractivity contribution < 1.29 is 13.2 Å². The number of sulfone groups is 1. The van der Waals surface area contributed by atoms with Gasteiger partial charge in [0, 0.05) is 11.8 Å². The first-order chi connectivity index (χ1) is 15.0. The van der Waals surface area contributed by atoms with Crippen LogP contribution < -0.4 is 10.9 Å². The Morgan fingerprint density at radius 1 is 1.00 bits per heavy atom. The molecule has 0 saturated heterocycles. The third-order valence-corrected chi connectivity index (χ3v) is 6.87. The molecule has 0 saturated carbocycles. The van der Waals surface area contributed by atoms with E-state index in [0.29, 0.717) is 5.69 Å². The van der Waals surface area contributed by atoms with Crippen LogP contribution in [0.3, 0.4) is 0 Å². The lowest BCUT2D eigenvalue weighted by molar-refractivity contribution is -0.117. The fourth-order valence-electron chi connectivity index (χ4n) is 3.53. The Morgan fingerprint density at radius 2 is 1.59 bits per heavy atom. The molecule has 32 heavy (non-hydrogen) atoms. The third kappa shape index (κ3) is 4.96. The molecule has 1 N–H and O–H groups in total. The molecule has 0 atom stereocenters. The van der Waals surface area contributed by atoms with E-state index in [4.69, 9.17) is 0 Å². The highest BCUT2D eigenvalue weighted by Crippen LogP contribution is 2.23. The average molecular weight is 454 g/mol. The summed E-state index contributed by atoms with van der Waals surface area (Å²) in [6.45, 7) is 9.38. The molecule has 3 rings (SSSR count). The molecule has 0 radical (unpaired) electrons. The van der Waals surface area contributed by atoms with E-state index in [1.807, 2.05) is 46.8 Å². The maximum atomic E-state index is 13.0. The van der Waals surface area contributed by atoms with Crippen molar-refractivity contribution in [1.29, 1.82) is 0 Å². The number of aromatic nitrogens is 2. The number of carbonyl (C=O) groups is 1. The maximum absolute atomic E-state index is 13.0. The van der Waals surface area contributed by atoms with E-state index >= 15 is 0 Å². The summed E-state index contributed by atoms with van der Waals surface area (Å²) in [5, 5.41) is 6.49. The van der Waals surface area contributed by atoms with E-state index in [1.54, 1.807) is 12.1 Å². The minimum atomic E-state index is -3.94. The van der Waals surface area contributed by atoms with Gasteiger partial charge in [-0.1, -0.05) is 43.7 Å². The summed E-state index contributed by atoms with van der Waals surface area (Å²) in [5.74, 6) is -0.198. The number of hydrogen-bond donors (Lipinski definition) is 1. The van der Waals surface area contributed by atoms with Crippen molar-refractivity contribution in [3.8, 4) is 0 Å². The molecule has 1 amide bonds. The van der Waals surface area contributed by atoms with Gasteiger partial charge in [-0.15, -0.1) is 0 Å². The quantitative estimate of drug-likeness (QED) is 0.613. The van der Waals surface area contributed by atoms with Crippen molar-refractivity contribution >= 4 is 21.4 Å². The summed E-state index contributed by atoms with van der Waals surface area (Å²) in [6.07, 6.45) is 0. The lowest BCUT2D eigenvalue weighted by Gasteiger charge is -2.13. The minimum Gasteiger partial charge on any atom is -0.324 e. The molecule has 7 nitrogen and oxygen atoms in total. The van der Waals surface area contributed by atoms with Crippen molar-refractivity contribution in [1.82, 2.24) is 9.78 Å². The molecule has 168 valence electrons. The highest BCUT2D eigenvalue weighted by molar-refractivity contribution is 7.91. The molecule has 3 aromatic rings. The molecular formula is C24H27N3O4S. The molecule has 0 spiro atoms. The van der Waals surface area contributed by atoms with Crippen LogP contribution in [0.4, 0.5) is 5.69 Å². The zero-order valence-electron chi connectivity index (χ0n) is 18.8. The topological polar surface area (TPSA) is 98.1 Å². The van der Waals surface area contributed by atoms with E-state index < -0.39 is 27.8 Å². The fraction of sp³-hybridized carbons (Fsp3) is 0.292. The van der Waals surface area contributed by atoms with Crippen LogP contribution in [0.2, 0.25) is 0 Å². The zero-order chi connectivity index (χ0) is 23.6. The first-order valence-corrected chi connectivity index (χ1v) is 11.8. The van der Waals surface area contributed by atoms with Crippen LogP contribution in [0, 0.1) is 20.8 Å². The molecule has 0 unspecified atom stereocenters. The highest BCUT2D eigenvalue weighted by Gasteiger charge is 2.21. The monoisotopic (exact) mass is 453 g/mol. The molecule has 0 fully saturated rings. The van der Waals surface area contributed by atoms with Crippen LogP contribution in [0.25, 0.3) is 0 Å². The van der Waals surface area contributed by atoms with Crippen LogP contribution in [0.5, 0.6) is 0 Å². The molecule has 0 aliphatic carbocycles. The molecule has 0 bridgehead atoms. The Hall–Kier alpha value is -3.26. The number of carbonyl (C=O) groups excluding carboxylic acids is 1. The second-order valence-electron chi connectivity index (χ2n) is 8.22. The van der Waals surface area contributed by atoms with Crippen LogP contribution in [-0.4, -0.2) is 24.1 Å². The van der Waals surface area contributed by atoms with Gasteiger partial charge in [-0.25, -0.2) is 13.1 Å². The summed E-state index contributed by atoms with van der Waals surface area (Å²) in [5.41, 5.74) is 4.00. The number of hydrogen-bond acceptors (Lipinski definition) is 5. The smallest absolute Gasteiger partial charge is 0.267 e. The third-order valence-electron chi connectivity index (χ3n) is 5.21. The standard InChI is InChI=1S/C24H27N3O4S/c1-15(2)19-6-8-20(9-7-19)32(30,31)22-10-11-23(29)27(26-22)14-21(28)25-24-17(4)12-16(3)13-18(24)5/h6-13,15H,14H2,1-5H3,(H,25,28). The van der Waals surface area contributed by atoms with Crippen LogP contribution in [0.1, 0.15) is 42.0 Å². The Balaban J connectivity index is 1.87. The molecule has 1 aromatic heterocycles. The summed E-state index contributed by atoms with van der Waals surface area (Å²) in [4.78, 5) is 24.9. The number of benzene rings is 2. The Kier molecular flexibility index (Phi) is 6.64. The first kappa shape index (κ1) is 23.4. The van der Waals surface area contributed by atoms with Crippen molar-refractivity contribution in [2.45, 2.75) is 57.0 Å². The van der Waals surface area contributed by atoms with E-state index in [2.05, 4.69) is 10.4 Å². The first-order valence-electron chi connectivity index (χ1n) is 10.3. The lowest BCUT2D eigenvalue weighted by Crippen LogP contribution is -2.30. The predicted molar refractivity (Wildman–Crippen MR) is 124 cm³/mol. The van der Waals surface area contributed by atoms with Gasteiger partial charge in [-0.2, -0.15) is 5.10 Å². The maximum Gasteiger partial charge on any atom is 0.267 e. The Labute approximate surface area is 188 Å². The van der Waals surface area contributed by atoms with Gasteiger partial charge in [-0.05, 0) is 61.6 Å². The fourth-order valence-corrected chi connectivity index (χ4v) is 4.72. The van der Waals surface area contributed by atoms with Crippen LogP contribution in [0.15, 0.2) is 63.2 Å². The second kappa shape index (κ2) is 9.08. The molecule has 2 aromatic carbocycles. The summed E-state index contributed by atoms with van der Waals surface area (Å²) in [7, 11) is -3.94. The van der Waals surface area contributed by atoms with Crippen LogP contribution >= 0.6 is 0 Å². The summed E-state index contributed by atoms with van der Waals surface area (Å²) < 4.78 is 26.9. The molecular weight excluding hydrogens is 426 g/mol. The van der Waals surface area contributed by atoms with Gasteiger partial charge in [0.1, 0.15) is 6.54 Å². The number of rotatable bonds is 6. The number of nitrogens with zero attached hydrogens (tertiary/aromatic N) is 2. The number of nitrogens with one attached hydrogen (secondary N) is 1. The van der Waals surface area contributed by atoms with Gasteiger partial charge >= 0.3 is 0 Å². The van der Waals surface area contributed by atoms with Crippen molar-refractivity contribution in [3.05, 3.63) is 81.1 Å². The van der Waals surface area contributed by atoms with E-state index in [9.17, 15) is 18.0 Å². The zero-order valence-corrected chi connectivity index (χ0v) is 19.7. The Morgan fingerprint density at radius 3 is 2.16 bits per heavy atom. The van der Waals surface area contributed by atoms with Crippen molar-refractivity contribution in [2.24, 2.45) is 0 Å².